The lowest BCUT2D eigenvalue weighted by molar-refractivity contribution is -0.154. The van der Waals surface area contributed by atoms with E-state index in [0.717, 1.165) is 6.07 Å². The molecule has 0 amide bonds. The molecule has 1 aromatic rings. The van der Waals surface area contributed by atoms with Crippen molar-refractivity contribution in [3.05, 3.63) is 35.1 Å². The van der Waals surface area contributed by atoms with Crippen LogP contribution in [0.25, 0.3) is 0 Å². The van der Waals surface area contributed by atoms with Crippen molar-refractivity contribution in [2.45, 2.75) is 27.4 Å². The van der Waals surface area contributed by atoms with Gasteiger partial charge in [0.2, 0.25) is 0 Å². The van der Waals surface area contributed by atoms with Crippen LogP contribution in [0.15, 0.2) is 12.1 Å². The molecular weight excluding hydrogens is 233 g/mol. The lowest BCUT2D eigenvalue weighted by Crippen LogP contribution is -2.23. The lowest BCUT2D eigenvalue weighted by Gasteiger charge is -2.16. The van der Waals surface area contributed by atoms with Crippen molar-refractivity contribution in [1.82, 2.24) is 0 Å². The van der Waals surface area contributed by atoms with Gasteiger partial charge in [-0.25, -0.2) is 13.2 Å². The summed E-state index contributed by atoms with van der Waals surface area (Å²) in [6.07, 6.45) is 0. The summed E-state index contributed by atoms with van der Waals surface area (Å²) in [5.74, 6) is -4.05. The first-order valence-electron chi connectivity index (χ1n) is 5.03. The molecule has 0 fully saturated rings. The Hall–Kier alpha value is -1.52. The van der Waals surface area contributed by atoms with Crippen molar-refractivity contribution in [3.63, 3.8) is 0 Å². The molecule has 0 unspecified atom stereocenters. The van der Waals surface area contributed by atoms with Crippen LogP contribution >= 0.6 is 0 Å². The summed E-state index contributed by atoms with van der Waals surface area (Å²) in [6.45, 7) is 4.19. The molecule has 1 rings (SSSR count). The van der Waals surface area contributed by atoms with Gasteiger partial charge in [0.25, 0.3) is 0 Å². The Bertz CT molecular complexity index is 436. The van der Waals surface area contributed by atoms with Crippen molar-refractivity contribution in [1.29, 1.82) is 0 Å². The molecule has 0 aliphatic heterocycles. The number of hydrogen-bond acceptors (Lipinski definition) is 2. The summed E-state index contributed by atoms with van der Waals surface area (Å²) >= 11 is 0. The largest absolute Gasteiger partial charge is 0.460 e. The van der Waals surface area contributed by atoms with Crippen LogP contribution in [-0.4, -0.2) is 5.97 Å². The predicted octanol–water partition coefficient (Wildman–Crippen LogP) is 3.19. The van der Waals surface area contributed by atoms with Crippen molar-refractivity contribution in [2.75, 3.05) is 0 Å². The third kappa shape index (κ3) is 3.22. The number of esters is 1. The molecule has 0 aliphatic rings. The summed E-state index contributed by atoms with van der Waals surface area (Å²) in [7, 11) is 0. The fourth-order valence-electron chi connectivity index (χ4n) is 1.06. The van der Waals surface area contributed by atoms with Crippen LogP contribution in [0.5, 0.6) is 0 Å². The number of carbonyl (C=O) groups excluding carboxylic acids is 1. The minimum atomic E-state index is -1.33. The van der Waals surface area contributed by atoms with E-state index >= 15 is 0 Å². The van der Waals surface area contributed by atoms with E-state index in [1.807, 2.05) is 0 Å². The topological polar surface area (TPSA) is 26.3 Å². The van der Waals surface area contributed by atoms with Gasteiger partial charge in [-0.2, -0.15) is 0 Å². The van der Waals surface area contributed by atoms with Gasteiger partial charge < -0.3 is 4.74 Å². The number of halogens is 3. The number of benzene rings is 1. The number of ether oxygens (including phenoxy) is 1. The Labute approximate surface area is 97.4 Å². The van der Waals surface area contributed by atoms with Gasteiger partial charge >= 0.3 is 5.97 Å². The molecule has 0 aliphatic carbocycles. The Morgan fingerprint density at radius 1 is 1.18 bits per heavy atom. The average Bonchev–Trinajstić information content (AvgIpc) is 2.22. The van der Waals surface area contributed by atoms with E-state index < -0.39 is 41.0 Å². The smallest absolute Gasteiger partial charge is 0.311 e. The molecule has 0 N–H and O–H groups in total. The van der Waals surface area contributed by atoms with Gasteiger partial charge in [-0.1, -0.05) is 0 Å². The minimum absolute atomic E-state index is 0.581. The zero-order valence-electron chi connectivity index (χ0n) is 9.81. The highest BCUT2D eigenvalue weighted by Gasteiger charge is 2.24. The van der Waals surface area contributed by atoms with Crippen LogP contribution in [0.3, 0.4) is 0 Å². The molecule has 5 heteroatoms. The van der Waals surface area contributed by atoms with Crippen LogP contribution < -0.4 is 0 Å². The molecule has 0 aromatic heterocycles. The maximum absolute atomic E-state index is 13.2. The van der Waals surface area contributed by atoms with Gasteiger partial charge in [0.05, 0.1) is 11.0 Å². The Morgan fingerprint density at radius 3 is 2.24 bits per heavy atom. The number of rotatable bonds is 2. The molecule has 94 valence electrons. The maximum Gasteiger partial charge on any atom is 0.311 e. The second-order valence-electron chi connectivity index (χ2n) is 4.65. The van der Waals surface area contributed by atoms with E-state index in [4.69, 9.17) is 4.74 Å². The summed E-state index contributed by atoms with van der Waals surface area (Å²) < 4.78 is 43.9. The van der Waals surface area contributed by atoms with Crippen LogP contribution in [0, 0.1) is 22.9 Å². The molecule has 1 aromatic carbocycles. The van der Waals surface area contributed by atoms with Crippen LogP contribution in [0.1, 0.15) is 26.3 Å². The first-order valence-corrected chi connectivity index (χ1v) is 5.03. The van der Waals surface area contributed by atoms with Gasteiger partial charge in [-0.3, -0.25) is 4.79 Å². The third-order valence-electron chi connectivity index (χ3n) is 2.10. The fraction of sp³-hybridized carbons (Fsp3) is 0.417. The lowest BCUT2D eigenvalue weighted by atomic mass is 9.97. The monoisotopic (exact) mass is 246 g/mol. The van der Waals surface area contributed by atoms with Crippen LogP contribution in [0.4, 0.5) is 13.2 Å². The van der Waals surface area contributed by atoms with Crippen molar-refractivity contribution >= 4 is 5.97 Å². The summed E-state index contributed by atoms with van der Waals surface area (Å²) in [5, 5.41) is 0. The highest BCUT2D eigenvalue weighted by atomic mass is 19.2. The molecule has 0 heterocycles. The maximum atomic E-state index is 13.2. The Morgan fingerprint density at radius 2 is 1.71 bits per heavy atom. The molecule has 0 bridgehead atoms. The van der Waals surface area contributed by atoms with Gasteiger partial charge in [-0.05, 0) is 32.9 Å². The third-order valence-corrected chi connectivity index (χ3v) is 2.10. The molecule has 0 atom stereocenters. The van der Waals surface area contributed by atoms with Crippen LogP contribution in [0.2, 0.25) is 0 Å². The number of hydrogen-bond donors (Lipinski definition) is 0. The molecule has 2 nitrogen and oxygen atoms in total. The second kappa shape index (κ2) is 4.77. The standard InChI is InChI=1S/C12H13F3O2/c1-12(2,3)11(16)17-6-7-8(13)4-5-9(14)10(7)15/h4-5H,6H2,1-3H3. The SMILES string of the molecule is CC(C)(C)C(=O)OCc1c(F)ccc(F)c1F. The predicted molar refractivity (Wildman–Crippen MR) is 55.6 cm³/mol. The van der Waals surface area contributed by atoms with Gasteiger partial charge in [-0.15, -0.1) is 0 Å². The first-order chi connectivity index (χ1) is 7.73. The van der Waals surface area contributed by atoms with Gasteiger partial charge in [0.1, 0.15) is 12.4 Å². The van der Waals surface area contributed by atoms with E-state index in [1.54, 1.807) is 20.8 Å². The highest BCUT2D eigenvalue weighted by Crippen LogP contribution is 2.20. The quantitative estimate of drug-likeness (QED) is 0.591. The normalized spacial score (nSPS) is 11.4. The number of carbonyl (C=O) groups is 1. The first kappa shape index (κ1) is 13.5. The van der Waals surface area contributed by atoms with Gasteiger partial charge in [0.15, 0.2) is 11.6 Å². The zero-order valence-corrected chi connectivity index (χ0v) is 9.81. The van der Waals surface area contributed by atoms with Crippen molar-refractivity contribution in [3.8, 4) is 0 Å². The second-order valence-corrected chi connectivity index (χ2v) is 4.65. The molecule has 0 saturated heterocycles. The molecular formula is C12H13F3O2. The summed E-state index contributed by atoms with van der Waals surface area (Å²) in [5.41, 5.74) is -1.36. The minimum Gasteiger partial charge on any atom is -0.460 e. The summed E-state index contributed by atoms with van der Waals surface area (Å²) in [6, 6.07) is 1.47. The fourth-order valence-corrected chi connectivity index (χ4v) is 1.06. The average molecular weight is 246 g/mol. The van der Waals surface area contributed by atoms with Crippen molar-refractivity contribution in [2.24, 2.45) is 5.41 Å². The van der Waals surface area contributed by atoms with E-state index in [1.165, 1.54) is 0 Å². The van der Waals surface area contributed by atoms with Crippen molar-refractivity contribution < 1.29 is 22.7 Å². The Kier molecular flexibility index (Phi) is 3.80. The molecule has 0 saturated carbocycles. The van der Waals surface area contributed by atoms with E-state index in [2.05, 4.69) is 0 Å². The highest BCUT2D eigenvalue weighted by molar-refractivity contribution is 5.75. The van der Waals surface area contributed by atoms with E-state index in [0.29, 0.717) is 6.07 Å². The summed E-state index contributed by atoms with van der Waals surface area (Å²) in [4.78, 5) is 11.4. The Balaban J connectivity index is 2.84. The molecule has 0 radical (unpaired) electrons. The molecule has 0 spiro atoms. The zero-order chi connectivity index (χ0) is 13.2. The van der Waals surface area contributed by atoms with E-state index in [-0.39, 0.29) is 0 Å². The van der Waals surface area contributed by atoms with Gasteiger partial charge in [0, 0.05) is 0 Å². The molecule has 17 heavy (non-hydrogen) atoms. The van der Waals surface area contributed by atoms with Crippen LogP contribution in [-0.2, 0) is 16.1 Å². The van der Waals surface area contributed by atoms with E-state index in [9.17, 15) is 18.0 Å².